The zero-order valence-electron chi connectivity index (χ0n) is 30.4. The van der Waals surface area contributed by atoms with Crippen molar-refractivity contribution in [3.05, 3.63) is 203 Å². The van der Waals surface area contributed by atoms with E-state index < -0.39 is 0 Å². The quantitative estimate of drug-likeness (QED) is 0.116. The molecule has 0 fully saturated rings. The van der Waals surface area contributed by atoms with Crippen LogP contribution in [0.25, 0.3) is 43.8 Å². The molecular formula is C48H46Cl2SiZr. The van der Waals surface area contributed by atoms with Crippen LogP contribution in [0, 0.1) is 13.8 Å². The fourth-order valence-corrected chi connectivity index (χ4v) is 6.54. The van der Waals surface area contributed by atoms with E-state index in [1.165, 1.54) is 77.2 Å². The van der Waals surface area contributed by atoms with Crippen LogP contribution in [0.2, 0.25) is 13.1 Å². The molecule has 52 heavy (non-hydrogen) atoms. The molecule has 0 unspecified atom stereocenters. The largest absolute Gasteiger partial charge is 0.165 e. The van der Waals surface area contributed by atoms with Crippen molar-refractivity contribution in [2.24, 2.45) is 0 Å². The van der Waals surface area contributed by atoms with Gasteiger partial charge < -0.3 is 0 Å². The van der Waals surface area contributed by atoms with Crippen LogP contribution in [0.3, 0.4) is 0 Å². The van der Waals surface area contributed by atoms with Crippen LogP contribution in [0.4, 0.5) is 0 Å². The molecule has 260 valence electrons. The van der Waals surface area contributed by atoms with Crippen LogP contribution in [0.5, 0.6) is 0 Å². The van der Waals surface area contributed by atoms with E-state index in [-0.39, 0.29) is 30.2 Å². The molecule has 0 saturated heterocycles. The molecule has 0 atom stereocenters. The normalized spacial score (nSPS) is 10.3. The second kappa shape index (κ2) is 19.9. The summed E-state index contributed by atoms with van der Waals surface area (Å²) in [5, 5.41) is 5.35. The van der Waals surface area contributed by atoms with E-state index in [2.05, 4.69) is 197 Å². The average molecular weight is 813 g/mol. The monoisotopic (exact) mass is 810 g/mol. The molecule has 0 N–H and O–H groups in total. The Balaban J connectivity index is 0.000000204. The van der Waals surface area contributed by atoms with E-state index in [0.717, 1.165) is 12.8 Å². The maximum atomic E-state index is 2.31. The zero-order valence-corrected chi connectivity index (χ0v) is 35.5. The van der Waals surface area contributed by atoms with Crippen LogP contribution in [0.15, 0.2) is 170 Å². The van der Waals surface area contributed by atoms with Gasteiger partial charge in [-0.2, -0.15) is 12.1 Å². The summed E-state index contributed by atoms with van der Waals surface area (Å²) in [6, 6.07) is 61.4. The van der Waals surface area contributed by atoms with Gasteiger partial charge in [0.25, 0.3) is 0 Å². The predicted molar refractivity (Wildman–Crippen MR) is 230 cm³/mol. The summed E-state index contributed by atoms with van der Waals surface area (Å²) in [6.45, 7) is 8.94. The van der Waals surface area contributed by atoms with Crippen molar-refractivity contribution in [1.82, 2.24) is 0 Å². The molecule has 0 aliphatic rings. The van der Waals surface area contributed by atoms with Gasteiger partial charge in [-0.15, -0.1) is 93.9 Å². The van der Waals surface area contributed by atoms with Crippen LogP contribution >= 0.6 is 24.8 Å². The van der Waals surface area contributed by atoms with Gasteiger partial charge in [0.05, 0.1) is 0 Å². The van der Waals surface area contributed by atoms with Gasteiger partial charge in [-0.3, -0.25) is 0 Å². The fraction of sp³-hybridized carbons (Fsp3) is 0.125. The number of hydrogen-bond donors (Lipinski definition) is 0. The molecular weight excluding hydrogens is 767 g/mol. The molecule has 0 saturated carbocycles. The minimum Gasteiger partial charge on any atom is -0.165 e. The van der Waals surface area contributed by atoms with E-state index in [1.54, 1.807) is 23.3 Å². The number of benzene rings is 6. The van der Waals surface area contributed by atoms with Crippen LogP contribution in [-0.4, -0.2) is 5.43 Å². The van der Waals surface area contributed by atoms with Crippen molar-refractivity contribution in [2.45, 2.75) is 39.8 Å². The van der Waals surface area contributed by atoms with Gasteiger partial charge in [-0.05, 0) is 46.2 Å². The number of fused-ring (bicyclic) bond motifs is 2. The molecule has 8 aromatic rings. The topological polar surface area (TPSA) is 0 Å². The minimum absolute atomic E-state index is 0. The summed E-state index contributed by atoms with van der Waals surface area (Å²) in [5.41, 5.74) is 13.5. The Morgan fingerprint density at radius 2 is 0.769 bits per heavy atom. The van der Waals surface area contributed by atoms with E-state index in [4.69, 9.17) is 0 Å². The molecule has 0 heterocycles. The van der Waals surface area contributed by atoms with Crippen LogP contribution in [-0.2, 0) is 36.2 Å². The summed E-state index contributed by atoms with van der Waals surface area (Å²) in [7, 11) is 0. The molecule has 0 aromatic heterocycles. The van der Waals surface area contributed by atoms with E-state index >= 15 is 0 Å². The van der Waals surface area contributed by atoms with Crippen molar-refractivity contribution < 1.29 is 23.3 Å². The van der Waals surface area contributed by atoms with E-state index in [9.17, 15) is 0 Å². The molecule has 4 heteroatoms. The Labute approximate surface area is 337 Å². The minimum atomic E-state index is 0. The van der Waals surface area contributed by atoms with E-state index in [1.807, 2.05) is 0 Å². The molecule has 0 radical (unpaired) electrons. The first-order valence-electron chi connectivity index (χ1n) is 17.4. The molecule has 0 nitrogen and oxygen atoms in total. The van der Waals surface area contributed by atoms with Crippen molar-refractivity contribution in [2.75, 3.05) is 0 Å². The first kappa shape index (κ1) is 41.0. The average Bonchev–Trinajstić information content (AvgIpc) is 3.71. The molecule has 0 aliphatic heterocycles. The Morgan fingerprint density at radius 3 is 1.12 bits per heavy atom. The van der Waals surface area contributed by atoms with Crippen LogP contribution in [0.1, 0.15) is 33.4 Å². The fourth-order valence-electron chi connectivity index (χ4n) is 6.54. The Hall–Kier alpha value is -3.78. The molecule has 0 aliphatic carbocycles. The summed E-state index contributed by atoms with van der Waals surface area (Å²) in [6.07, 6.45) is 1.97. The number of aryl methyl sites for hydroxylation is 2. The predicted octanol–water partition coefficient (Wildman–Crippen LogP) is 13.9. The summed E-state index contributed by atoms with van der Waals surface area (Å²) in [5.74, 6) is 0. The van der Waals surface area contributed by atoms with Gasteiger partial charge in [0, 0.05) is 0 Å². The Kier molecular flexibility index (Phi) is 15.7. The Morgan fingerprint density at radius 1 is 0.442 bits per heavy atom. The second-order valence-electron chi connectivity index (χ2n) is 13.4. The van der Waals surface area contributed by atoms with Gasteiger partial charge >= 0.3 is 41.9 Å². The standard InChI is InChI=1S/2C23H19.C2H6Si.2ClH.Zr/c2*1-17-14-21-8-5-9-22(23(21)15-17)20-12-10-19(11-13-20)16-18-6-3-2-4-7-18;1-3-2;;;/h2*2-15H,16H2,1H3;1-2H3;2*1H;/q2*-1;;;;+2. The maximum Gasteiger partial charge on any atom is -0.00258 e. The molecule has 0 amide bonds. The third kappa shape index (κ3) is 11.1. The van der Waals surface area contributed by atoms with E-state index in [0.29, 0.717) is 0 Å². The van der Waals surface area contributed by atoms with Gasteiger partial charge in [-0.25, -0.2) is 0 Å². The number of rotatable bonds is 6. The Bertz CT molecular complexity index is 2130. The summed E-state index contributed by atoms with van der Waals surface area (Å²) in [4.78, 5) is 0. The molecule has 0 spiro atoms. The SMILES string of the molecule is C[Si](C)=[Zr+2].Cc1cc2c(-c3ccc(Cc4ccccc4)cc3)cccc2[cH-]1.Cc1cc2c(-c3ccc(Cc4ccccc4)cc3)cccc2[cH-]1.Cl.Cl. The summed E-state index contributed by atoms with van der Waals surface area (Å²) < 4.78 is 0. The first-order chi connectivity index (χ1) is 24.3. The van der Waals surface area contributed by atoms with Crippen molar-refractivity contribution in [3.63, 3.8) is 0 Å². The smallest absolute Gasteiger partial charge is 0.00258 e. The van der Waals surface area contributed by atoms with Crippen molar-refractivity contribution in [3.8, 4) is 22.3 Å². The van der Waals surface area contributed by atoms with Gasteiger partial charge in [0.15, 0.2) is 0 Å². The van der Waals surface area contributed by atoms with Crippen molar-refractivity contribution >= 4 is 51.8 Å². The molecule has 8 aromatic carbocycles. The van der Waals surface area contributed by atoms with Gasteiger partial charge in [0.2, 0.25) is 0 Å². The maximum absolute atomic E-state index is 2.31. The summed E-state index contributed by atoms with van der Waals surface area (Å²) >= 11 is 1.74. The second-order valence-corrected chi connectivity index (χ2v) is 22.8. The molecule has 8 rings (SSSR count). The van der Waals surface area contributed by atoms with Crippen molar-refractivity contribution in [1.29, 1.82) is 0 Å². The third-order valence-corrected chi connectivity index (χ3v) is 8.82. The zero-order chi connectivity index (χ0) is 34.9. The van der Waals surface area contributed by atoms with Crippen LogP contribution < -0.4 is 0 Å². The third-order valence-electron chi connectivity index (χ3n) is 8.82. The number of hydrogen-bond acceptors (Lipinski definition) is 0. The van der Waals surface area contributed by atoms with Gasteiger partial charge in [0.1, 0.15) is 0 Å². The number of halogens is 2. The van der Waals surface area contributed by atoms with Gasteiger partial charge in [-0.1, -0.05) is 146 Å². The first-order valence-corrected chi connectivity index (χ1v) is 23.6. The molecule has 0 bridgehead atoms.